The van der Waals surface area contributed by atoms with E-state index in [2.05, 4.69) is 9.97 Å². The van der Waals surface area contributed by atoms with Crippen LogP contribution < -0.4 is 5.73 Å². The number of amides is 1. The molecule has 1 amide bonds. The number of aromatic nitrogens is 2. The molecule has 0 fully saturated rings. The van der Waals surface area contributed by atoms with Gasteiger partial charge in [-0.2, -0.15) is 0 Å². The van der Waals surface area contributed by atoms with Crippen molar-refractivity contribution in [3.63, 3.8) is 0 Å². The SMILES string of the molecule is CSc1nc(-c2ccccc2F)c(C(N)=O)c(C(C)C)n1. The van der Waals surface area contributed by atoms with E-state index in [-0.39, 0.29) is 22.7 Å². The molecule has 2 N–H and O–H groups in total. The Kier molecular flexibility index (Phi) is 4.57. The minimum absolute atomic E-state index is 0.0214. The second-order valence-corrected chi connectivity index (χ2v) is 5.59. The molecule has 0 aliphatic heterocycles. The lowest BCUT2D eigenvalue weighted by molar-refractivity contribution is 0.0998. The van der Waals surface area contributed by atoms with E-state index < -0.39 is 11.7 Å². The predicted octanol–water partition coefficient (Wildman–Crippen LogP) is 3.23. The van der Waals surface area contributed by atoms with Crippen molar-refractivity contribution in [1.82, 2.24) is 9.97 Å². The van der Waals surface area contributed by atoms with Gasteiger partial charge in [0.25, 0.3) is 5.91 Å². The summed E-state index contributed by atoms with van der Waals surface area (Å²) in [7, 11) is 0. The quantitative estimate of drug-likeness (QED) is 0.695. The van der Waals surface area contributed by atoms with Crippen LogP contribution in [0.25, 0.3) is 11.3 Å². The van der Waals surface area contributed by atoms with Crippen LogP contribution in [0.4, 0.5) is 4.39 Å². The third kappa shape index (κ3) is 3.05. The number of rotatable bonds is 4. The highest BCUT2D eigenvalue weighted by molar-refractivity contribution is 7.98. The topological polar surface area (TPSA) is 68.9 Å². The zero-order valence-electron chi connectivity index (χ0n) is 12.1. The largest absolute Gasteiger partial charge is 0.365 e. The summed E-state index contributed by atoms with van der Waals surface area (Å²) in [6.45, 7) is 3.81. The Hall–Kier alpha value is -1.95. The summed E-state index contributed by atoms with van der Waals surface area (Å²) in [6.07, 6.45) is 1.83. The van der Waals surface area contributed by atoms with Gasteiger partial charge < -0.3 is 5.73 Å². The maximum absolute atomic E-state index is 14.1. The fourth-order valence-corrected chi connectivity index (χ4v) is 2.43. The smallest absolute Gasteiger partial charge is 0.252 e. The number of nitrogens with zero attached hydrogens (tertiary/aromatic N) is 2. The van der Waals surface area contributed by atoms with Crippen molar-refractivity contribution in [3.05, 3.63) is 41.3 Å². The number of carbonyl (C=O) groups excluding carboxylic acids is 1. The standard InChI is InChI=1S/C15H16FN3OS/c1-8(2)12-11(14(17)20)13(19-15(18-12)21-3)9-6-4-5-7-10(9)16/h4-8H,1-3H3,(H2,17,20). The third-order valence-corrected chi connectivity index (χ3v) is 3.57. The van der Waals surface area contributed by atoms with Crippen LogP contribution in [0.5, 0.6) is 0 Å². The Bertz CT molecular complexity index is 689. The Morgan fingerprint density at radius 2 is 1.95 bits per heavy atom. The zero-order chi connectivity index (χ0) is 15.6. The van der Waals surface area contributed by atoms with Crippen LogP contribution in [0.15, 0.2) is 29.4 Å². The molecular formula is C15H16FN3OS. The van der Waals surface area contributed by atoms with Crippen LogP contribution >= 0.6 is 11.8 Å². The molecule has 0 saturated carbocycles. The molecule has 0 bridgehead atoms. The normalized spacial score (nSPS) is 10.9. The molecule has 0 atom stereocenters. The molecule has 1 aromatic heterocycles. The van der Waals surface area contributed by atoms with Crippen molar-refractivity contribution in [2.45, 2.75) is 24.9 Å². The van der Waals surface area contributed by atoms with Gasteiger partial charge in [-0.05, 0) is 24.3 Å². The van der Waals surface area contributed by atoms with Gasteiger partial charge in [0.15, 0.2) is 5.16 Å². The van der Waals surface area contributed by atoms with E-state index in [1.54, 1.807) is 18.2 Å². The van der Waals surface area contributed by atoms with Gasteiger partial charge in [0.2, 0.25) is 0 Å². The summed E-state index contributed by atoms with van der Waals surface area (Å²) in [4.78, 5) is 20.5. The Balaban J connectivity index is 2.83. The minimum atomic E-state index is -0.649. The first-order valence-corrected chi connectivity index (χ1v) is 7.68. The lowest BCUT2D eigenvalue weighted by atomic mass is 9.98. The number of nitrogens with two attached hydrogens (primary N) is 1. The second kappa shape index (κ2) is 6.22. The van der Waals surface area contributed by atoms with E-state index in [9.17, 15) is 9.18 Å². The van der Waals surface area contributed by atoms with Crippen LogP contribution in [0.1, 0.15) is 35.8 Å². The molecule has 0 spiro atoms. The maximum Gasteiger partial charge on any atom is 0.252 e. The molecule has 0 unspecified atom stereocenters. The molecule has 0 aliphatic carbocycles. The van der Waals surface area contributed by atoms with Gasteiger partial charge in [0, 0.05) is 5.56 Å². The highest BCUT2D eigenvalue weighted by atomic mass is 32.2. The van der Waals surface area contributed by atoms with Crippen LogP contribution in [0.3, 0.4) is 0 Å². The summed E-state index contributed by atoms with van der Waals surface area (Å²) in [6, 6.07) is 6.19. The summed E-state index contributed by atoms with van der Waals surface area (Å²) < 4.78 is 14.1. The van der Waals surface area contributed by atoms with Crippen molar-refractivity contribution in [3.8, 4) is 11.3 Å². The maximum atomic E-state index is 14.1. The van der Waals surface area contributed by atoms with Crippen LogP contribution in [-0.4, -0.2) is 22.1 Å². The predicted molar refractivity (Wildman–Crippen MR) is 81.8 cm³/mol. The number of halogens is 1. The molecule has 110 valence electrons. The number of hydrogen-bond donors (Lipinski definition) is 1. The van der Waals surface area contributed by atoms with Gasteiger partial charge in [-0.15, -0.1) is 0 Å². The van der Waals surface area contributed by atoms with Crippen LogP contribution in [-0.2, 0) is 0 Å². The zero-order valence-corrected chi connectivity index (χ0v) is 12.9. The van der Waals surface area contributed by atoms with Gasteiger partial charge in [-0.1, -0.05) is 37.7 Å². The van der Waals surface area contributed by atoms with Crippen molar-refractivity contribution in [1.29, 1.82) is 0 Å². The average Bonchev–Trinajstić information content (AvgIpc) is 2.46. The molecule has 0 aliphatic rings. The van der Waals surface area contributed by atoms with Gasteiger partial charge in [-0.3, -0.25) is 4.79 Å². The van der Waals surface area contributed by atoms with Crippen molar-refractivity contribution in [2.75, 3.05) is 6.26 Å². The molecule has 4 nitrogen and oxygen atoms in total. The van der Waals surface area contributed by atoms with E-state index >= 15 is 0 Å². The second-order valence-electron chi connectivity index (χ2n) is 4.82. The van der Waals surface area contributed by atoms with Crippen molar-refractivity contribution < 1.29 is 9.18 Å². The summed E-state index contributed by atoms with van der Waals surface area (Å²) in [5.74, 6) is -1.11. The van der Waals surface area contributed by atoms with E-state index in [1.165, 1.54) is 17.8 Å². The molecular weight excluding hydrogens is 289 g/mol. The molecule has 0 radical (unpaired) electrons. The minimum Gasteiger partial charge on any atom is -0.365 e. The van der Waals surface area contributed by atoms with Gasteiger partial charge in [0.05, 0.1) is 17.0 Å². The first-order chi connectivity index (χ1) is 9.95. The molecule has 2 aromatic rings. The van der Waals surface area contributed by atoms with E-state index in [4.69, 9.17) is 5.73 Å². The Morgan fingerprint density at radius 1 is 1.29 bits per heavy atom. The average molecular weight is 305 g/mol. The highest BCUT2D eigenvalue weighted by Gasteiger charge is 2.23. The fraction of sp³-hybridized carbons (Fsp3) is 0.267. The van der Waals surface area contributed by atoms with Gasteiger partial charge in [0.1, 0.15) is 5.82 Å². The fourth-order valence-electron chi connectivity index (χ4n) is 2.06. The number of carbonyl (C=O) groups is 1. The van der Waals surface area contributed by atoms with Crippen molar-refractivity contribution >= 4 is 17.7 Å². The Morgan fingerprint density at radius 3 is 2.48 bits per heavy atom. The molecule has 1 aromatic carbocycles. The van der Waals surface area contributed by atoms with Crippen molar-refractivity contribution in [2.24, 2.45) is 5.73 Å². The third-order valence-electron chi connectivity index (χ3n) is 3.02. The highest BCUT2D eigenvalue weighted by Crippen LogP contribution is 2.30. The van der Waals surface area contributed by atoms with Gasteiger partial charge in [-0.25, -0.2) is 14.4 Å². The summed E-state index contributed by atoms with van der Waals surface area (Å²) in [5, 5.41) is 0.488. The molecule has 0 saturated heterocycles. The van der Waals surface area contributed by atoms with Crippen LogP contribution in [0, 0.1) is 5.82 Å². The summed E-state index contributed by atoms with van der Waals surface area (Å²) in [5.41, 5.74) is 6.72. The lowest BCUT2D eigenvalue weighted by Crippen LogP contribution is -2.19. The lowest BCUT2D eigenvalue weighted by Gasteiger charge is -2.15. The van der Waals surface area contributed by atoms with E-state index in [0.717, 1.165) is 0 Å². The first-order valence-electron chi connectivity index (χ1n) is 6.46. The molecule has 21 heavy (non-hydrogen) atoms. The number of primary amides is 1. The first kappa shape index (κ1) is 15.4. The van der Waals surface area contributed by atoms with Gasteiger partial charge >= 0.3 is 0 Å². The molecule has 1 heterocycles. The number of hydrogen-bond acceptors (Lipinski definition) is 4. The Labute approximate surface area is 127 Å². The number of thioether (sulfide) groups is 1. The van der Waals surface area contributed by atoms with E-state index in [0.29, 0.717) is 10.9 Å². The molecule has 6 heteroatoms. The molecule has 2 rings (SSSR count). The van der Waals surface area contributed by atoms with E-state index in [1.807, 2.05) is 20.1 Å². The summed E-state index contributed by atoms with van der Waals surface area (Å²) >= 11 is 1.34. The van der Waals surface area contributed by atoms with Crippen LogP contribution in [0.2, 0.25) is 0 Å². The number of benzene rings is 1. The monoisotopic (exact) mass is 305 g/mol.